The zero-order valence-electron chi connectivity index (χ0n) is 15.4. The van der Waals surface area contributed by atoms with Gasteiger partial charge in [0.15, 0.2) is 0 Å². The van der Waals surface area contributed by atoms with Crippen LogP contribution in [0.2, 0.25) is 0 Å². The standard InChI is InChI=1S/C22H20FN3O2/c1-16-7-2-5-12-21(16)25-22(27)26-24-14-17-8-6-10-19(13-17)28-15-18-9-3-4-11-20(18)23/h2-14H,15H2,1H3,(H2,25,26,27). The summed E-state index contributed by atoms with van der Waals surface area (Å²) < 4.78 is 19.3. The van der Waals surface area contributed by atoms with Gasteiger partial charge in [-0.3, -0.25) is 0 Å². The van der Waals surface area contributed by atoms with E-state index in [1.54, 1.807) is 36.4 Å². The van der Waals surface area contributed by atoms with E-state index in [0.717, 1.165) is 16.8 Å². The second-order valence-corrected chi connectivity index (χ2v) is 6.09. The lowest BCUT2D eigenvalue weighted by molar-refractivity contribution is 0.252. The number of nitrogens with zero attached hydrogens (tertiary/aromatic N) is 1. The number of nitrogens with one attached hydrogen (secondary N) is 2. The zero-order valence-corrected chi connectivity index (χ0v) is 15.4. The zero-order chi connectivity index (χ0) is 19.8. The first-order valence-corrected chi connectivity index (χ1v) is 8.74. The molecule has 5 nitrogen and oxygen atoms in total. The van der Waals surface area contributed by atoms with Crippen LogP contribution >= 0.6 is 0 Å². The molecule has 28 heavy (non-hydrogen) atoms. The molecular weight excluding hydrogens is 357 g/mol. The number of aryl methyl sites for hydroxylation is 1. The van der Waals surface area contributed by atoms with Crippen molar-refractivity contribution in [1.29, 1.82) is 0 Å². The molecule has 0 aromatic heterocycles. The van der Waals surface area contributed by atoms with Gasteiger partial charge in [-0.05, 0) is 42.3 Å². The number of urea groups is 1. The van der Waals surface area contributed by atoms with Gasteiger partial charge in [-0.15, -0.1) is 0 Å². The number of carbonyl (C=O) groups is 1. The maximum Gasteiger partial charge on any atom is 0.339 e. The van der Waals surface area contributed by atoms with Crippen LogP contribution in [0.25, 0.3) is 0 Å². The number of hydrogen-bond acceptors (Lipinski definition) is 3. The summed E-state index contributed by atoms with van der Waals surface area (Å²) in [7, 11) is 0. The number of amides is 2. The van der Waals surface area contributed by atoms with E-state index in [4.69, 9.17) is 4.74 Å². The molecule has 3 aromatic carbocycles. The third-order valence-corrected chi connectivity index (χ3v) is 3.98. The topological polar surface area (TPSA) is 62.7 Å². The molecule has 3 rings (SSSR count). The lowest BCUT2D eigenvalue weighted by Gasteiger charge is -2.08. The van der Waals surface area contributed by atoms with Crippen LogP contribution in [0.3, 0.4) is 0 Å². The van der Waals surface area contributed by atoms with E-state index in [9.17, 15) is 9.18 Å². The Balaban J connectivity index is 1.54. The molecule has 0 saturated heterocycles. The minimum Gasteiger partial charge on any atom is -0.489 e. The molecule has 2 amide bonds. The Labute approximate surface area is 162 Å². The molecule has 0 aliphatic rings. The van der Waals surface area contributed by atoms with Gasteiger partial charge in [-0.25, -0.2) is 14.6 Å². The monoisotopic (exact) mass is 377 g/mol. The Bertz CT molecular complexity index is 989. The molecule has 0 spiro atoms. The molecule has 0 saturated carbocycles. The molecule has 0 radical (unpaired) electrons. The van der Waals surface area contributed by atoms with Crippen molar-refractivity contribution >= 4 is 17.9 Å². The van der Waals surface area contributed by atoms with Crippen LogP contribution < -0.4 is 15.5 Å². The van der Waals surface area contributed by atoms with E-state index in [2.05, 4.69) is 15.8 Å². The van der Waals surface area contributed by atoms with Gasteiger partial charge < -0.3 is 10.1 Å². The average molecular weight is 377 g/mol. The third kappa shape index (κ3) is 5.41. The molecule has 0 heterocycles. The average Bonchev–Trinajstić information content (AvgIpc) is 2.69. The molecule has 142 valence electrons. The van der Waals surface area contributed by atoms with Gasteiger partial charge in [0.05, 0.1) is 6.21 Å². The summed E-state index contributed by atoms with van der Waals surface area (Å²) in [6.07, 6.45) is 1.51. The van der Waals surface area contributed by atoms with Gasteiger partial charge >= 0.3 is 6.03 Å². The van der Waals surface area contributed by atoms with Crippen LogP contribution in [0.5, 0.6) is 5.75 Å². The summed E-state index contributed by atoms with van der Waals surface area (Å²) in [6.45, 7) is 2.04. The number of hydrazone groups is 1. The predicted molar refractivity (Wildman–Crippen MR) is 108 cm³/mol. The first-order valence-electron chi connectivity index (χ1n) is 8.74. The fraction of sp³-hybridized carbons (Fsp3) is 0.0909. The van der Waals surface area contributed by atoms with Gasteiger partial charge in [0, 0.05) is 11.3 Å². The summed E-state index contributed by atoms with van der Waals surface area (Å²) in [4.78, 5) is 11.9. The molecule has 0 bridgehead atoms. The summed E-state index contributed by atoms with van der Waals surface area (Å²) in [5.74, 6) is 0.278. The van der Waals surface area contributed by atoms with Crippen LogP contribution in [0.4, 0.5) is 14.9 Å². The van der Waals surface area contributed by atoms with Gasteiger partial charge in [-0.1, -0.05) is 48.5 Å². The van der Waals surface area contributed by atoms with Crippen LogP contribution in [0.15, 0.2) is 77.9 Å². The second-order valence-electron chi connectivity index (χ2n) is 6.09. The number of anilines is 1. The van der Waals surface area contributed by atoms with Crippen LogP contribution in [-0.2, 0) is 6.61 Å². The number of carbonyl (C=O) groups excluding carboxylic acids is 1. The van der Waals surface area contributed by atoms with Crippen molar-refractivity contribution in [2.45, 2.75) is 13.5 Å². The SMILES string of the molecule is Cc1ccccc1NC(=O)NN=Cc1cccc(OCc2ccccc2F)c1. The second kappa shape index (κ2) is 9.32. The molecule has 3 aromatic rings. The van der Waals surface area contributed by atoms with Gasteiger partial charge in [0.1, 0.15) is 18.2 Å². The van der Waals surface area contributed by atoms with E-state index < -0.39 is 6.03 Å². The summed E-state index contributed by atoms with van der Waals surface area (Å²) >= 11 is 0. The highest BCUT2D eigenvalue weighted by atomic mass is 19.1. The van der Waals surface area contributed by atoms with E-state index in [-0.39, 0.29) is 12.4 Å². The highest BCUT2D eigenvalue weighted by Crippen LogP contribution is 2.16. The molecule has 2 N–H and O–H groups in total. The number of benzene rings is 3. The first kappa shape index (κ1) is 19.1. The summed E-state index contributed by atoms with van der Waals surface area (Å²) in [6, 6.07) is 20.7. The third-order valence-electron chi connectivity index (χ3n) is 3.98. The Kier molecular flexibility index (Phi) is 6.36. The van der Waals surface area contributed by atoms with Crippen molar-refractivity contribution in [3.8, 4) is 5.75 Å². The van der Waals surface area contributed by atoms with Crippen molar-refractivity contribution in [3.05, 3.63) is 95.3 Å². The van der Waals surface area contributed by atoms with Crippen LogP contribution in [-0.4, -0.2) is 12.2 Å². The highest BCUT2D eigenvalue weighted by molar-refractivity contribution is 5.91. The molecule has 0 atom stereocenters. The number of rotatable bonds is 6. The molecule has 0 fully saturated rings. The maximum atomic E-state index is 13.6. The predicted octanol–water partition coefficient (Wildman–Crippen LogP) is 4.87. The number of ether oxygens (including phenoxy) is 1. The van der Waals surface area contributed by atoms with Gasteiger partial charge in [0.2, 0.25) is 0 Å². The molecule has 0 aliphatic carbocycles. The molecule has 0 unspecified atom stereocenters. The maximum absolute atomic E-state index is 13.6. The Morgan fingerprint density at radius 1 is 1.07 bits per heavy atom. The lowest BCUT2D eigenvalue weighted by atomic mass is 10.2. The highest BCUT2D eigenvalue weighted by Gasteiger charge is 2.03. The van der Waals surface area contributed by atoms with Crippen molar-refractivity contribution < 1.29 is 13.9 Å². The fourth-order valence-corrected chi connectivity index (χ4v) is 2.49. The van der Waals surface area contributed by atoms with Gasteiger partial charge in [0.25, 0.3) is 0 Å². The number of hydrogen-bond donors (Lipinski definition) is 2. The normalized spacial score (nSPS) is 10.6. The number of halogens is 1. The minimum atomic E-state index is -0.433. The summed E-state index contributed by atoms with van der Waals surface area (Å²) in [5, 5.41) is 6.67. The Hall–Kier alpha value is -3.67. The molecular formula is C22H20FN3O2. The number of para-hydroxylation sites is 1. The largest absolute Gasteiger partial charge is 0.489 e. The molecule has 6 heteroatoms. The van der Waals surface area contributed by atoms with Crippen LogP contribution in [0.1, 0.15) is 16.7 Å². The fourth-order valence-electron chi connectivity index (χ4n) is 2.49. The minimum absolute atomic E-state index is 0.129. The smallest absolute Gasteiger partial charge is 0.339 e. The quantitative estimate of drug-likeness (QED) is 0.476. The Morgan fingerprint density at radius 2 is 1.86 bits per heavy atom. The van der Waals surface area contributed by atoms with Crippen molar-refractivity contribution in [2.24, 2.45) is 5.10 Å². The first-order chi connectivity index (χ1) is 13.6. The van der Waals surface area contributed by atoms with Crippen molar-refractivity contribution in [2.75, 3.05) is 5.32 Å². The van der Waals surface area contributed by atoms with E-state index in [1.807, 2.05) is 37.3 Å². The van der Waals surface area contributed by atoms with Crippen LogP contribution in [0, 0.1) is 12.7 Å². The van der Waals surface area contributed by atoms with E-state index in [1.165, 1.54) is 12.3 Å². The van der Waals surface area contributed by atoms with Crippen molar-refractivity contribution in [1.82, 2.24) is 5.43 Å². The summed E-state index contributed by atoms with van der Waals surface area (Å²) in [5.41, 5.74) is 5.32. The van der Waals surface area contributed by atoms with Gasteiger partial charge in [-0.2, -0.15) is 5.10 Å². The van der Waals surface area contributed by atoms with E-state index in [0.29, 0.717) is 11.3 Å². The van der Waals surface area contributed by atoms with E-state index >= 15 is 0 Å². The van der Waals surface area contributed by atoms with Crippen molar-refractivity contribution in [3.63, 3.8) is 0 Å². The Morgan fingerprint density at radius 3 is 2.68 bits per heavy atom. The molecule has 0 aliphatic heterocycles. The lowest BCUT2D eigenvalue weighted by Crippen LogP contribution is -2.24.